The largest absolute Gasteiger partial charge is 0.390 e. The molecule has 1 rings (SSSR count). The van der Waals surface area contributed by atoms with Gasteiger partial charge in [0.1, 0.15) is 0 Å². The lowest BCUT2D eigenvalue weighted by Gasteiger charge is -2.21. The van der Waals surface area contributed by atoms with Gasteiger partial charge in [0.15, 0.2) is 5.96 Å². The van der Waals surface area contributed by atoms with Gasteiger partial charge in [0.25, 0.3) is 0 Å². The van der Waals surface area contributed by atoms with E-state index in [2.05, 4.69) is 15.6 Å². The molecule has 0 aliphatic heterocycles. The molecule has 0 radical (unpaired) electrons. The molecule has 0 heterocycles. The number of alkyl halides is 3. The van der Waals surface area contributed by atoms with Crippen molar-refractivity contribution in [2.24, 2.45) is 4.99 Å². The third kappa shape index (κ3) is 8.64. The van der Waals surface area contributed by atoms with Gasteiger partial charge < -0.3 is 10.6 Å². The normalized spacial score (nSPS) is 12.9. The third-order valence-corrected chi connectivity index (χ3v) is 5.76. The quantitative estimate of drug-likeness (QED) is 0.328. The van der Waals surface area contributed by atoms with E-state index >= 15 is 0 Å². The number of hydrogen-bond acceptors (Lipinski definition) is 3. The molecule has 6 nitrogen and oxygen atoms in total. The molecule has 0 aromatic heterocycles. The Morgan fingerprint density at radius 2 is 1.74 bits per heavy atom. The Morgan fingerprint density at radius 3 is 2.19 bits per heavy atom. The summed E-state index contributed by atoms with van der Waals surface area (Å²) in [6, 6.07) is 6.15. The number of aliphatic imine (C=N–C) groups is 1. The highest BCUT2D eigenvalue weighted by Gasteiger charge is 2.26. The zero-order valence-corrected chi connectivity index (χ0v) is 18.8. The molecule has 0 amide bonds. The SMILES string of the molecule is CN=C(NCCC(F)(F)F)NCc1ccc(S(=O)(=O)N(C)C(C)C)cc1.I. The molecule has 0 unspecified atom stereocenters. The Balaban J connectivity index is 0.00000676. The van der Waals surface area contributed by atoms with Crippen molar-refractivity contribution >= 4 is 40.0 Å². The molecular formula is C16H26F3IN4O2S. The van der Waals surface area contributed by atoms with Gasteiger partial charge in [-0.3, -0.25) is 4.99 Å². The minimum atomic E-state index is -4.23. The molecule has 0 atom stereocenters. The van der Waals surface area contributed by atoms with Crippen molar-refractivity contribution in [3.8, 4) is 0 Å². The standard InChI is InChI=1S/C16H25F3N4O2S.HI/c1-12(2)23(4)26(24,25)14-7-5-13(6-8-14)11-22-15(20-3)21-10-9-16(17,18)19;/h5-8,12H,9-11H2,1-4H3,(H2,20,21,22);1H. The van der Waals surface area contributed by atoms with Crippen LogP contribution in [0.2, 0.25) is 0 Å². The van der Waals surface area contributed by atoms with Gasteiger partial charge in [-0.15, -0.1) is 24.0 Å². The molecule has 2 N–H and O–H groups in total. The Hall–Kier alpha value is -1.08. The number of guanidine groups is 1. The van der Waals surface area contributed by atoms with Crippen LogP contribution >= 0.6 is 24.0 Å². The number of halogens is 4. The number of benzene rings is 1. The predicted octanol–water partition coefficient (Wildman–Crippen LogP) is 2.95. The Morgan fingerprint density at radius 1 is 1.19 bits per heavy atom. The number of rotatable bonds is 7. The second kappa shape index (κ2) is 11.1. The van der Waals surface area contributed by atoms with Crippen molar-refractivity contribution in [3.63, 3.8) is 0 Å². The van der Waals surface area contributed by atoms with Crippen LogP contribution in [0.4, 0.5) is 13.2 Å². The molecule has 0 saturated heterocycles. The fraction of sp³-hybridized carbons (Fsp3) is 0.562. The minimum absolute atomic E-state index is 0. The Labute approximate surface area is 175 Å². The lowest BCUT2D eigenvalue weighted by atomic mass is 10.2. The molecule has 0 spiro atoms. The van der Waals surface area contributed by atoms with Gasteiger partial charge in [-0.1, -0.05) is 12.1 Å². The van der Waals surface area contributed by atoms with Crippen LogP contribution in [0.25, 0.3) is 0 Å². The molecule has 156 valence electrons. The second-order valence-electron chi connectivity index (χ2n) is 5.98. The lowest BCUT2D eigenvalue weighted by molar-refractivity contribution is -0.132. The molecule has 1 aromatic carbocycles. The van der Waals surface area contributed by atoms with Crippen molar-refractivity contribution in [1.82, 2.24) is 14.9 Å². The van der Waals surface area contributed by atoms with Crippen molar-refractivity contribution in [1.29, 1.82) is 0 Å². The van der Waals surface area contributed by atoms with Crippen molar-refractivity contribution in [2.45, 2.75) is 43.9 Å². The first kappa shape index (κ1) is 25.9. The smallest absolute Gasteiger partial charge is 0.356 e. The van der Waals surface area contributed by atoms with Crippen molar-refractivity contribution in [2.75, 3.05) is 20.6 Å². The van der Waals surface area contributed by atoms with Gasteiger partial charge in [0.05, 0.1) is 11.3 Å². The molecular weight excluding hydrogens is 496 g/mol. The summed E-state index contributed by atoms with van der Waals surface area (Å²) in [6.07, 6.45) is -5.18. The first-order valence-electron chi connectivity index (χ1n) is 8.05. The summed E-state index contributed by atoms with van der Waals surface area (Å²) in [6.45, 7) is 3.59. The van der Waals surface area contributed by atoms with Crippen LogP contribution in [0.15, 0.2) is 34.2 Å². The van der Waals surface area contributed by atoms with Gasteiger partial charge in [-0.05, 0) is 31.5 Å². The first-order chi connectivity index (χ1) is 12.0. The van der Waals surface area contributed by atoms with E-state index < -0.39 is 22.6 Å². The molecule has 0 bridgehead atoms. The summed E-state index contributed by atoms with van der Waals surface area (Å²) in [5.41, 5.74) is 0.773. The number of sulfonamides is 1. The number of hydrogen-bond donors (Lipinski definition) is 2. The van der Waals surface area contributed by atoms with Crippen LogP contribution in [0.5, 0.6) is 0 Å². The van der Waals surface area contributed by atoms with Crippen LogP contribution in [-0.4, -0.2) is 51.5 Å². The second-order valence-corrected chi connectivity index (χ2v) is 7.97. The summed E-state index contributed by atoms with van der Waals surface area (Å²) >= 11 is 0. The average molecular weight is 522 g/mol. The van der Waals surface area contributed by atoms with E-state index in [0.717, 1.165) is 5.56 Å². The summed E-state index contributed by atoms with van der Waals surface area (Å²) < 4.78 is 62.5. The molecule has 0 saturated carbocycles. The Kier molecular flexibility index (Phi) is 10.6. The van der Waals surface area contributed by atoms with Gasteiger partial charge in [-0.2, -0.15) is 17.5 Å². The summed E-state index contributed by atoms with van der Waals surface area (Å²) in [5, 5.41) is 5.46. The van der Waals surface area contributed by atoms with E-state index in [1.54, 1.807) is 26.0 Å². The maximum Gasteiger partial charge on any atom is 0.390 e. The van der Waals surface area contributed by atoms with E-state index in [1.807, 2.05) is 0 Å². The number of nitrogens with one attached hydrogen (secondary N) is 2. The molecule has 27 heavy (non-hydrogen) atoms. The average Bonchev–Trinajstić information content (AvgIpc) is 2.56. The van der Waals surface area contributed by atoms with E-state index in [-0.39, 0.29) is 47.4 Å². The van der Waals surface area contributed by atoms with Crippen LogP contribution in [0, 0.1) is 0 Å². The maximum atomic E-state index is 12.4. The number of nitrogens with zero attached hydrogens (tertiary/aromatic N) is 2. The zero-order valence-electron chi connectivity index (χ0n) is 15.7. The monoisotopic (exact) mass is 522 g/mol. The molecule has 0 aliphatic rings. The summed E-state index contributed by atoms with van der Waals surface area (Å²) in [4.78, 5) is 4.03. The van der Waals surface area contributed by atoms with E-state index in [9.17, 15) is 21.6 Å². The topological polar surface area (TPSA) is 73.8 Å². The van der Waals surface area contributed by atoms with Crippen LogP contribution in [0.3, 0.4) is 0 Å². The molecule has 11 heteroatoms. The summed E-state index contributed by atoms with van der Waals surface area (Å²) in [7, 11) is -0.568. The van der Waals surface area contributed by atoms with Gasteiger partial charge in [0.2, 0.25) is 10.0 Å². The maximum absolute atomic E-state index is 12.4. The third-order valence-electron chi connectivity index (χ3n) is 3.71. The van der Waals surface area contributed by atoms with Crippen LogP contribution in [-0.2, 0) is 16.6 Å². The fourth-order valence-corrected chi connectivity index (χ4v) is 3.32. The highest BCUT2D eigenvalue weighted by Crippen LogP contribution is 2.18. The highest BCUT2D eigenvalue weighted by atomic mass is 127. The lowest BCUT2D eigenvalue weighted by Crippen LogP contribution is -2.38. The highest BCUT2D eigenvalue weighted by molar-refractivity contribution is 14.0. The van der Waals surface area contributed by atoms with Crippen LogP contribution in [0.1, 0.15) is 25.8 Å². The van der Waals surface area contributed by atoms with Gasteiger partial charge in [-0.25, -0.2) is 8.42 Å². The van der Waals surface area contributed by atoms with Crippen molar-refractivity contribution in [3.05, 3.63) is 29.8 Å². The zero-order chi connectivity index (χ0) is 20.0. The summed E-state index contributed by atoms with van der Waals surface area (Å²) in [5.74, 6) is 0.241. The van der Waals surface area contributed by atoms with E-state index in [0.29, 0.717) is 6.54 Å². The minimum Gasteiger partial charge on any atom is -0.356 e. The predicted molar refractivity (Wildman–Crippen MR) is 111 cm³/mol. The van der Waals surface area contributed by atoms with Gasteiger partial charge in [0, 0.05) is 33.2 Å². The van der Waals surface area contributed by atoms with Crippen LogP contribution < -0.4 is 10.6 Å². The van der Waals surface area contributed by atoms with Crippen molar-refractivity contribution < 1.29 is 21.6 Å². The Bertz CT molecular complexity index is 707. The fourth-order valence-electron chi connectivity index (χ4n) is 1.95. The van der Waals surface area contributed by atoms with E-state index in [4.69, 9.17) is 0 Å². The van der Waals surface area contributed by atoms with Gasteiger partial charge >= 0.3 is 6.18 Å². The molecule has 1 aromatic rings. The molecule has 0 fully saturated rings. The van der Waals surface area contributed by atoms with E-state index in [1.165, 1.54) is 30.5 Å². The molecule has 0 aliphatic carbocycles. The first-order valence-corrected chi connectivity index (χ1v) is 9.49.